The van der Waals surface area contributed by atoms with E-state index in [1.807, 2.05) is 0 Å². The molecule has 0 aromatic carbocycles. The molecule has 1 amide bonds. The van der Waals surface area contributed by atoms with Gasteiger partial charge in [0.1, 0.15) is 16.6 Å². The molecule has 3 N–H and O–H groups in total. The van der Waals surface area contributed by atoms with Crippen LogP contribution in [0.15, 0.2) is 29.3 Å². The minimum atomic E-state index is -3.80. The number of methoxy groups -OCH3 is 1. The molecule has 0 bridgehead atoms. The second-order valence-electron chi connectivity index (χ2n) is 6.72. The molecule has 1 fully saturated rings. The molecule has 4 heterocycles. The van der Waals surface area contributed by atoms with Crippen molar-refractivity contribution in [2.45, 2.75) is 10.8 Å². The average Bonchev–Trinajstić information content (AvgIpc) is 3.31. The summed E-state index contributed by atoms with van der Waals surface area (Å²) in [5, 5.41) is 1.90. The predicted molar refractivity (Wildman–Crippen MR) is 113 cm³/mol. The SMILES string of the molecule is COc1cccc(NC(=O)c2cc(Cl)c([C@]34COCC3S(=O)(=O)N(C)C(N)=N4)s2)n1. The van der Waals surface area contributed by atoms with Gasteiger partial charge in [0.05, 0.1) is 35.1 Å². The largest absolute Gasteiger partial charge is 0.481 e. The number of thiophene rings is 1. The number of amides is 1. The Labute approximate surface area is 181 Å². The van der Waals surface area contributed by atoms with Crippen LogP contribution in [0.4, 0.5) is 5.82 Å². The normalized spacial score (nSPS) is 24.8. The zero-order valence-corrected chi connectivity index (χ0v) is 18.3. The van der Waals surface area contributed by atoms with Crippen LogP contribution in [0.2, 0.25) is 5.02 Å². The third-order valence-corrected chi connectivity index (χ3v) is 8.89. The maximum Gasteiger partial charge on any atom is 0.266 e. The Bertz CT molecular complexity index is 1150. The number of fused-ring (bicyclic) bond motifs is 1. The summed E-state index contributed by atoms with van der Waals surface area (Å²) in [7, 11) is -0.990. The first-order valence-electron chi connectivity index (χ1n) is 8.72. The van der Waals surface area contributed by atoms with E-state index in [-0.39, 0.29) is 29.1 Å². The number of rotatable bonds is 4. The van der Waals surface area contributed by atoms with Crippen LogP contribution in [0.3, 0.4) is 0 Å². The smallest absolute Gasteiger partial charge is 0.266 e. The molecule has 0 spiro atoms. The first kappa shape index (κ1) is 20.8. The van der Waals surface area contributed by atoms with Gasteiger partial charge >= 0.3 is 0 Å². The summed E-state index contributed by atoms with van der Waals surface area (Å²) in [5.41, 5.74) is 4.58. The third kappa shape index (κ3) is 3.20. The van der Waals surface area contributed by atoms with E-state index in [1.165, 1.54) is 20.2 Å². The fourth-order valence-electron chi connectivity index (χ4n) is 3.40. The van der Waals surface area contributed by atoms with Gasteiger partial charge in [-0.1, -0.05) is 17.7 Å². The van der Waals surface area contributed by atoms with Gasteiger partial charge < -0.3 is 20.5 Å². The lowest BCUT2D eigenvalue weighted by molar-refractivity contribution is 0.103. The zero-order chi connectivity index (χ0) is 21.7. The van der Waals surface area contributed by atoms with Gasteiger partial charge in [-0.15, -0.1) is 11.3 Å². The fourth-order valence-corrected chi connectivity index (χ4v) is 6.73. The molecule has 0 radical (unpaired) electrons. The van der Waals surface area contributed by atoms with Gasteiger partial charge in [0.25, 0.3) is 5.91 Å². The van der Waals surface area contributed by atoms with Gasteiger partial charge in [0.2, 0.25) is 21.9 Å². The van der Waals surface area contributed by atoms with Gasteiger partial charge in [-0.05, 0) is 12.1 Å². The molecular weight excluding hydrogens is 454 g/mol. The van der Waals surface area contributed by atoms with Crippen LogP contribution in [-0.4, -0.2) is 62.2 Å². The maximum atomic E-state index is 12.9. The second kappa shape index (κ2) is 7.38. The van der Waals surface area contributed by atoms with Gasteiger partial charge in [0, 0.05) is 13.1 Å². The van der Waals surface area contributed by atoms with E-state index < -0.39 is 26.7 Å². The number of aromatic nitrogens is 1. The highest BCUT2D eigenvalue weighted by Gasteiger charge is 2.58. The van der Waals surface area contributed by atoms with Crippen molar-refractivity contribution in [1.29, 1.82) is 0 Å². The van der Waals surface area contributed by atoms with Crippen LogP contribution in [0.25, 0.3) is 0 Å². The Balaban J connectivity index is 1.71. The summed E-state index contributed by atoms with van der Waals surface area (Å²) in [5.74, 6) is 0.0416. The first-order chi connectivity index (χ1) is 14.2. The van der Waals surface area contributed by atoms with Gasteiger partial charge in [-0.3, -0.25) is 4.79 Å². The van der Waals surface area contributed by atoms with E-state index >= 15 is 0 Å². The molecular formula is C17H18ClN5O5S2. The van der Waals surface area contributed by atoms with Crippen LogP contribution >= 0.6 is 22.9 Å². The quantitative estimate of drug-likeness (QED) is 0.684. The van der Waals surface area contributed by atoms with Crippen LogP contribution in [-0.2, 0) is 20.3 Å². The molecule has 2 aliphatic rings. The van der Waals surface area contributed by atoms with Gasteiger partial charge in [0.15, 0.2) is 0 Å². The zero-order valence-electron chi connectivity index (χ0n) is 16.0. The number of nitrogens with one attached hydrogen (secondary N) is 1. The first-order valence-corrected chi connectivity index (χ1v) is 11.4. The molecule has 0 saturated carbocycles. The summed E-state index contributed by atoms with van der Waals surface area (Å²) >= 11 is 7.48. The molecule has 1 saturated heterocycles. The van der Waals surface area contributed by atoms with Crippen molar-refractivity contribution < 1.29 is 22.7 Å². The molecule has 160 valence electrons. The van der Waals surface area contributed by atoms with Crippen LogP contribution in [0, 0.1) is 0 Å². The second-order valence-corrected chi connectivity index (χ2v) is 10.3. The van der Waals surface area contributed by atoms with Crippen molar-refractivity contribution in [3.05, 3.63) is 39.0 Å². The van der Waals surface area contributed by atoms with E-state index in [4.69, 9.17) is 26.8 Å². The summed E-state index contributed by atoms with van der Waals surface area (Å²) in [6.07, 6.45) is 0. The number of guanidine groups is 1. The Morgan fingerprint density at radius 1 is 1.50 bits per heavy atom. The number of pyridine rings is 1. The summed E-state index contributed by atoms with van der Waals surface area (Å²) in [6, 6.07) is 6.43. The Hall–Kier alpha value is -2.41. The number of carbonyl (C=O) groups is 1. The number of nitrogens with zero attached hydrogens (tertiary/aromatic N) is 3. The summed E-state index contributed by atoms with van der Waals surface area (Å²) < 4.78 is 37.2. The molecule has 1 unspecified atom stereocenters. The van der Waals surface area contributed by atoms with Crippen molar-refractivity contribution in [1.82, 2.24) is 9.29 Å². The number of carbonyl (C=O) groups excluding carboxylic acids is 1. The fraction of sp³-hybridized carbons (Fsp3) is 0.353. The third-order valence-electron chi connectivity index (χ3n) is 4.98. The van der Waals surface area contributed by atoms with Crippen molar-refractivity contribution in [3.8, 4) is 5.88 Å². The Morgan fingerprint density at radius 2 is 2.27 bits per heavy atom. The van der Waals surface area contributed by atoms with Gasteiger partial charge in [-0.25, -0.2) is 17.7 Å². The van der Waals surface area contributed by atoms with Gasteiger partial charge in [-0.2, -0.15) is 4.98 Å². The highest BCUT2D eigenvalue weighted by Crippen LogP contribution is 2.48. The van der Waals surface area contributed by atoms with Crippen molar-refractivity contribution in [3.63, 3.8) is 0 Å². The van der Waals surface area contributed by atoms with E-state index in [9.17, 15) is 13.2 Å². The molecule has 2 aromatic rings. The number of sulfonamides is 1. The van der Waals surface area contributed by atoms with Crippen LogP contribution in [0.5, 0.6) is 5.88 Å². The number of ether oxygens (including phenoxy) is 2. The Kier molecular flexibility index (Phi) is 5.12. The average molecular weight is 472 g/mol. The highest BCUT2D eigenvalue weighted by atomic mass is 35.5. The number of nitrogens with two attached hydrogens (primary N) is 1. The number of hydrogen-bond donors (Lipinski definition) is 2. The standard InChI is InChI=1S/C17H18ClN5O5S2/c1-23-16(19)22-17(8-28-7-11(17)30(23,25)26)14-9(18)6-10(29-14)15(24)21-12-4-3-5-13(20-12)27-2/h3-6,11H,7-8H2,1-2H3,(H2,19,22)(H,20,21,24)/t11?,17-/m0/s1. The molecule has 2 atom stereocenters. The Morgan fingerprint density at radius 3 is 3.00 bits per heavy atom. The van der Waals surface area contributed by atoms with E-state index in [2.05, 4.69) is 15.3 Å². The highest BCUT2D eigenvalue weighted by molar-refractivity contribution is 7.90. The minimum Gasteiger partial charge on any atom is -0.481 e. The van der Waals surface area contributed by atoms with Crippen LogP contribution < -0.4 is 15.8 Å². The molecule has 0 aliphatic carbocycles. The van der Waals surface area contributed by atoms with Crippen LogP contribution in [0.1, 0.15) is 14.5 Å². The monoisotopic (exact) mass is 471 g/mol. The number of aliphatic imine (C=N–C) groups is 1. The molecule has 4 rings (SSSR count). The summed E-state index contributed by atoms with van der Waals surface area (Å²) in [4.78, 5) is 22.0. The molecule has 10 nitrogen and oxygen atoms in total. The van der Waals surface area contributed by atoms with Crippen molar-refractivity contribution in [2.24, 2.45) is 10.7 Å². The maximum absolute atomic E-state index is 12.9. The van der Waals surface area contributed by atoms with E-state index in [0.29, 0.717) is 16.6 Å². The number of halogens is 1. The minimum absolute atomic E-state index is 0.00975. The topological polar surface area (TPSA) is 136 Å². The lowest BCUT2D eigenvalue weighted by Gasteiger charge is -2.37. The molecule has 2 aliphatic heterocycles. The van der Waals surface area contributed by atoms with E-state index in [1.54, 1.807) is 18.2 Å². The number of anilines is 1. The van der Waals surface area contributed by atoms with Crippen molar-refractivity contribution in [2.75, 3.05) is 32.7 Å². The lowest BCUT2D eigenvalue weighted by Crippen LogP contribution is -2.56. The van der Waals surface area contributed by atoms with Crippen molar-refractivity contribution >= 4 is 50.6 Å². The summed E-state index contributed by atoms with van der Waals surface area (Å²) in [6.45, 7) is -0.0584. The van der Waals surface area contributed by atoms with E-state index in [0.717, 1.165) is 15.6 Å². The number of hydrogen-bond acceptors (Lipinski definition) is 9. The molecule has 2 aromatic heterocycles. The molecule has 30 heavy (non-hydrogen) atoms. The predicted octanol–water partition coefficient (Wildman–Crippen LogP) is 1.24. The lowest BCUT2D eigenvalue weighted by atomic mass is 9.96. The molecule has 13 heteroatoms.